The van der Waals surface area contributed by atoms with Gasteiger partial charge >= 0.3 is 0 Å². The van der Waals surface area contributed by atoms with Crippen LogP contribution in [0.1, 0.15) is 51.8 Å². The van der Waals surface area contributed by atoms with Gasteiger partial charge in [0.15, 0.2) is 0 Å². The molecule has 1 fully saturated rings. The van der Waals surface area contributed by atoms with E-state index in [1.807, 2.05) is 6.20 Å². The maximum Gasteiger partial charge on any atom is 0.122 e. The molecular formula is C15H27N3. The number of aromatic nitrogens is 2. The average Bonchev–Trinajstić information content (AvgIpc) is 2.80. The van der Waals surface area contributed by atoms with Crippen LogP contribution in [0.2, 0.25) is 0 Å². The normalized spacial score (nSPS) is 24.3. The van der Waals surface area contributed by atoms with Gasteiger partial charge in [0.05, 0.1) is 6.54 Å². The van der Waals surface area contributed by atoms with Gasteiger partial charge < -0.3 is 9.88 Å². The van der Waals surface area contributed by atoms with E-state index in [0.717, 1.165) is 31.5 Å². The molecule has 1 aromatic heterocycles. The van der Waals surface area contributed by atoms with E-state index in [1.165, 1.54) is 37.9 Å². The molecule has 1 aliphatic rings. The van der Waals surface area contributed by atoms with Crippen LogP contribution in [-0.4, -0.2) is 16.1 Å². The van der Waals surface area contributed by atoms with Crippen LogP contribution in [0.25, 0.3) is 0 Å². The number of nitrogens with zero attached hydrogens (tertiary/aromatic N) is 2. The van der Waals surface area contributed by atoms with E-state index in [1.54, 1.807) is 0 Å². The first-order valence-corrected chi connectivity index (χ1v) is 7.50. The molecule has 0 aliphatic heterocycles. The van der Waals surface area contributed by atoms with E-state index in [9.17, 15) is 0 Å². The molecule has 0 atom stereocenters. The van der Waals surface area contributed by atoms with Crippen LogP contribution in [0.3, 0.4) is 0 Å². The molecule has 1 N–H and O–H groups in total. The van der Waals surface area contributed by atoms with Crippen LogP contribution in [0.5, 0.6) is 0 Å². The predicted octanol–water partition coefficient (Wildman–Crippen LogP) is 3.21. The molecule has 0 aromatic carbocycles. The van der Waals surface area contributed by atoms with Gasteiger partial charge in [0.1, 0.15) is 5.82 Å². The quantitative estimate of drug-likeness (QED) is 0.839. The maximum absolute atomic E-state index is 4.43. The SMILES string of the molecule is CCCn1ccnc1CNCC1CCC(C)CC1. The van der Waals surface area contributed by atoms with Crippen LogP contribution in [0.15, 0.2) is 12.4 Å². The van der Waals surface area contributed by atoms with Crippen molar-refractivity contribution in [2.24, 2.45) is 11.8 Å². The molecule has 0 saturated heterocycles. The van der Waals surface area contributed by atoms with Gasteiger partial charge in [-0.05, 0) is 37.6 Å². The fraction of sp³-hybridized carbons (Fsp3) is 0.800. The molecule has 0 radical (unpaired) electrons. The molecule has 1 saturated carbocycles. The summed E-state index contributed by atoms with van der Waals surface area (Å²) in [5.41, 5.74) is 0. The zero-order valence-corrected chi connectivity index (χ0v) is 11.9. The highest BCUT2D eigenvalue weighted by atomic mass is 15.1. The maximum atomic E-state index is 4.43. The lowest BCUT2D eigenvalue weighted by molar-refractivity contribution is 0.280. The van der Waals surface area contributed by atoms with Crippen LogP contribution in [-0.2, 0) is 13.1 Å². The van der Waals surface area contributed by atoms with Crippen molar-refractivity contribution in [1.82, 2.24) is 14.9 Å². The summed E-state index contributed by atoms with van der Waals surface area (Å²) < 4.78 is 2.26. The van der Waals surface area contributed by atoms with Gasteiger partial charge in [-0.2, -0.15) is 0 Å². The van der Waals surface area contributed by atoms with E-state index >= 15 is 0 Å². The van der Waals surface area contributed by atoms with Gasteiger partial charge in [-0.1, -0.05) is 26.7 Å². The third kappa shape index (κ3) is 3.84. The molecule has 3 nitrogen and oxygen atoms in total. The molecule has 0 bridgehead atoms. The van der Waals surface area contributed by atoms with E-state index in [4.69, 9.17) is 0 Å². The summed E-state index contributed by atoms with van der Waals surface area (Å²) >= 11 is 0. The van der Waals surface area contributed by atoms with E-state index in [2.05, 4.69) is 34.9 Å². The highest BCUT2D eigenvalue weighted by Crippen LogP contribution is 2.27. The molecule has 1 heterocycles. The first kappa shape index (κ1) is 13.6. The van der Waals surface area contributed by atoms with E-state index in [0.29, 0.717) is 0 Å². The second-order valence-corrected chi connectivity index (χ2v) is 5.79. The largest absolute Gasteiger partial charge is 0.334 e. The molecule has 3 heteroatoms. The minimum atomic E-state index is 0.885. The highest BCUT2D eigenvalue weighted by Gasteiger charge is 2.17. The lowest BCUT2D eigenvalue weighted by Crippen LogP contribution is -2.26. The Labute approximate surface area is 111 Å². The molecule has 1 aliphatic carbocycles. The Bertz CT molecular complexity index is 337. The van der Waals surface area contributed by atoms with Crippen molar-refractivity contribution in [2.45, 2.75) is 59.0 Å². The average molecular weight is 249 g/mol. The lowest BCUT2D eigenvalue weighted by atomic mass is 9.83. The van der Waals surface area contributed by atoms with Crippen LogP contribution in [0, 0.1) is 11.8 Å². The minimum absolute atomic E-state index is 0.885. The summed E-state index contributed by atoms with van der Waals surface area (Å²) in [4.78, 5) is 4.43. The fourth-order valence-electron chi connectivity index (χ4n) is 2.87. The second kappa shape index (κ2) is 6.93. The Balaban J connectivity index is 1.70. The molecule has 1 aromatic rings. The van der Waals surface area contributed by atoms with Gasteiger partial charge in [0.2, 0.25) is 0 Å². The second-order valence-electron chi connectivity index (χ2n) is 5.79. The Hall–Kier alpha value is -0.830. The zero-order valence-electron chi connectivity index (χ0n) is 11.9. The Kier molecular flexibility index (Phi) is 5.24. The highest BCUT2D eigenvalue weighted by molar-refractivity contribution is 4.92. The summed E-state index contributed by atoms with van der Waals surface area (Å²) in [5, 5.41) is 3.59. The van der Waals surface area contributed by atoms with Gasteiger partial charge in [0, 0.05) is 18.9 Å². The number of imidazole rings is 1. The van der Waals surface area contributed by atoms with Crippen molar-refractivity contribution in [3.05, 3.63) is 18.2 Å². The standard InChI is InChI=1S/C15H27N3/c1-3-9-18-10-8-17-15(18)12-16-11-14-6-4-13(2)5-7-14/h8,10,13-14,16H,3-7,9,11-12H2,1-2H3. The smallest absolute Gasteiger partial charge is 0.122 e. The van der Waals surface area contributed by atoms with Crippen molar-refractivity contribution in [2.75, 3.05) is 6.54 Å². The predicted molar refractivity (Wildman–Crippen MR) is 75.3 cm³/mol. The molecule has 18 heavy (non-hydrogen) atoms. The van der Waals surface area contributed by atoms with Crippen LogP contribution < -0.4 is 5.32 Å². The molecule has 0 unspecified atom stereocenters. The third-order valence-electron chi connectivity index (χ3n) is 4.12. The summed E-state index contributed by atoms with van der Waals surface area (Å²) in [6, 6.07) is 0. The first-order valence-electron chi connectivity index (χ1n) is 7.50. The first-order chi connectivity index (χ1) is 8.79. The van der Waals surface area contributed by atoms with Crippen molar-refractivity contribution in [3.8, 4) is 0 Å². The molecular weight excluding hydrogens is 222 g/mol. The van der Waals surface area contributed by atoms with Crippen molar-refractivity contribution >= 4 is 0 Å². The summed E-state index contributed by atoms with van der Waals surface area (Å²) in [6.45, 7) is 7.74. The van der Waals surface area contributed by atoms with Crippen LogP contribution >= 0.6 is 0 Å². The van der Waals surface area contributed by atoms with Gasteiger partial charge in [-0.25, -0.2) is 4.98 Å². The number of nitrogens with one attached hydrogen (secondary N) is 1. The lowest BCUT2D eigenvalue weighted by Gasteiger charge is -2.26. The van der Waals surface area contributed by atoms with Crippen molar-refractivity contribution < 1.29 is 0 Å². The summed E-state index contributed by atoms with van der Waals surface area (Å²) in [6.07, 6.45) is 10.8. The Morgan fingerprint density at radius 2 is 2.11 bits per heavy atom. The monoisotopic (exact) mass is 249 g/mol. The molecule has 102 valence electrons. The molecule has 0 spiro atoms. The Morgan fingerprint density at radius 3 is 2.83 bits per heavy atom. The number of aryl methyl sites for hydroxylation is 1. The van der Waals surface area contributed by atoms with Crippen molar-refractivity contribution in [1.29, 1.82) is 0 Å². The summed E-state index contributed by atoms with van der Waals surface area (Å²) in [5.74, 6) is 3.02. The fourth-order valence-corrected chi connectivity index (χ4v) is 2.87. The number of rotatable bonds is 6. The van der Waals surface area contributed by atoms with Gasteiger partial charge in [-0.15, -0.1) is 0 Å². The van der Waals surface area contributed by atoms with E-state index < -0.39 is 0 Å². The Morgan fingerprint density at radius 1 is 1.33 bits per heavy atom. The van der Waals surface area contributed by atoms with Crippen LogP contribution in [0.4, 0.5) is 0 Å². The number of hydrogen-bond donors (Lipinski definition) is 1. The topological polar surface area (TPSA) is 29.9 Å². The third-order valence-corrected chi connectivity index (χ3v) is 4.12. The van der Waals surface area contributed by atoms with Crippen molar-refractivity contribution in [3.63, 3.8) is 0 Å². The number of hydrogen-bond acceptors (Lipinski definition) is 2. The molecule has 2 rings (SSSR count). The van der Waals surface area contributed by atoms with Gasteiger partial charge in [-0.3, -0.25) is 0 Å². The molecule has 0 amide bonds. The van der Waals surface area contributed by atoms with Gasteiger partial charge in [0.25, 0.3) is 0 Å². The zero-order chi connectivity index (χ0) is 12.8. The minimum Gasteiger partial charge on any atom is -0.334 e. The van der Waals surface area contributed by atoms with E-state index in [-0.39, 0.29) is 0 Å². The summed E-state index contributed by atoms with van der Waals surface area (Å²) in [7, 11) is 0.